The van der Waals surface area contributed by atoms with Gasteiger partial charge in [-0.15, -0.1) is 0 Å². The predicted molar refractivity (Wildman–Crippen MR) is 44.1 cm³/mol. The van der Waals surface area contributed by atoms with E-state index >= 15 is 0 Å². The normalized spacial score (nSPS) is 13.3. The standard InChI is InChI=1S/C9H8F5N/c1-15-8(9(13)14)4-2-3-5(10)7(12)6(4)11/h2-3,8-9,15H,1H3. The molecule has 1 rings (SSSR count). The summed E-state index contributed by atoms with van der Waals surface area (Å²) < 4.78 is 63.0. The molecule has 0 aliphatic rings. The fourth-order valence-electron chi connectivity index (χ4n) is 1.20. The van der Waals surface area contributed by atoms with Crippen molar-refractivity contribution >= 4 is 0 Å². The second kappa shape index (κ2) is 4.57. The molecule has 1 atom stereocenters. The van der Waals surface area contributed by atoms with Gasteiger partial charge in [0.05, 0.1) is 6.04 Å². The van der Waals surface area contributed by atoms with Crippen LogP contribution in [0.1, 0.15) is 11.6 Å². The Kier molecular flexibility index (Phi) is 3.62. The van der Waals surface area contributed by atoms with Gasteiger partial charge in [-0.1, -0.05) is 6.07 Å². The van der Waals surface area contributed by atoms with Crippen LogP contribution in [0.2, 0.25) is 0 Å². The van der Waals surface area contributed by atoms with Crippen LogP contribution in [-0.2, 0) is 0 Å². The fourth-order valence-corrected chi connectivity index (χ4v) is 1.20. The number of nitrogens with one attached hydrogen (secondary N) is 1. The van der Waals surface area contributed by atoms with Gasteiger partial charge in [-0.3, -0.25) is 0 Å². The van der Waals surface area contributed by atoms with E-state index in [0.717, 1.165) is 6.07 Å². The lowest BCUT2D eigenvalue weighted by Crippen LogP contribution is -2.25. The summed E-state index contributed by atoms with van der Waals surface area (Å²) in [5.41, 5.74) is -0.591. The second-order valence-corrected chi connectivity index (χ2v) is 2.87. The Morgan fingerprint density at radius 1 is 1.07 bits per heavy atom. The first-order valence-electron chi connectivity index (χ1n) is 4.07. The minimum absolute atomic E-state index is 0.591. The summed E-state index contributed by atoms with van der Waals surface area (Å²) in [5.74, 6) is -4.73. The molecule has 0 spiro atoms. The lowest BCUT2D eigenvalue weighted by molar-refractivity contribution is 0.100. The largest absolute Gasteiger partial charge is 0.308 e. The molecular weight excluding hydrogens is 217 g/mol. The van der Waals surface area contributed by atoms with E-state index in [9.17, 15) is 22.0 Å². The van der Waals surface area contributed by atoms with E-state index in [0.29, 0.717) is 6.07 Å². The third-order valence-electron chi connectivity index (χ3n) is 1.96. The van der Waals surface area contributed by atoms with Crippen molar-refractivity contribution in [1.82, 2.24) is 5.32 Å². The Balaban J connectivity index is 3.19. The topological polar surface area (TPSA) is 12.0 Å². The van der Waals surface area contributed by atoms with Gasteiger partial charge in [0.2, 0.25) is 0 Å². The maximum Gasteiger partial charge on any atom is 0.257 e. The van der Waals surface area contributed by atoms with E-state index in [4.69, 9.17) is 0 Å². The predicted octanol–water partition coefficient (Wildman–Crippen LogP) is 2.63. The molecule has 1 aromatic rings. The molecule has 15 heavy (non-hydrogen) atoms. The van der Waals surface area contributed by atoms with Gasteiger partial charge in [-0.2, -0.15) is 0 Å². The van der Waals surface area contributed by atoms with Crippen LogP contribution in [0, 0.1) is 17.5 Å². The molecule has 1 nitrogen and oxygen atoms in total. The third kappa shape index (κ3) is 2.26. The van der Waals surface area contributed by atoms with Crippen LogP contribution in [0.15, 0.2) is 12.1 Å². The SMILES string of the molecule is CNC(c1ccc(F)c(F)c1F)C(F)F. The van der Waals surface area contributed by atoms with Gasteiger partial charge < -0.3 is 5.32 Å². The summed E-state index contributed by atoms with van der Waals surface area (Å²) in [6.07, 6.45) is -2.91. The van der Waals surface area contributed by atoms with Crippen LogP contribution >= 0.6 is 0 Å². The quantitative estimate of drug-likeness (QED) is 0.616. The van der Waals surface area contributed by atoms with Crippen LogP contribution in [0.25, 0.3) is 0 Å². The molecular formula is C9H8F5N. The summed E-state index contributed by atoms with van der Waals surface area (Å²) in [6.45, 7) is 0. The number of halogens is 5. The second-order valence-electron chi connectivity index (χ2n) is 2.87. The Labute approximate surface area is 82.9 Å². The molecule has 6 heteroatoms. The monoisotopic (exact) mass is 225 g/mol. The van der Waals surface area contributed by atoms with E-state index in [1.54, 1.807) is 0 Å². The highest BCUT2D eigenvalue weighted by atomic mass is 19.3. The maximum absolute atomic E-state index is 13.1. The summed E-state index contributed by atoms with van der Waals surface area (Å²) in [7, 11) is 1.18. The minimum atomic E-state index is -2.91. The minimum Gasteiger partial charge on any atom is -0.308 e. The van der Waals surface area contributed by atoms with Gasteiger partial charge in [0.15, 0.2) is 17.5 Å². The zero-order valence-corrected chi connectivity index (χ0v) is 7.70. The number of benzene rings is 1. The molecule has 0 saturated heterocycles. The van der Waals surface area contributed by atoms with Crippen molar-refractivity contribution in [3.63, 3.8) is 0 Å². The summed E-state index contributed by atoms with van der Waals surface area (Å²) >= 11 is 0. The van der Waals surface area contributed by atoms with Gasteiger partial charge in [0.1, 0.15) is 0 Å². The first-order chi connectivity index (χ1) is 6.99. The van der Waals surface area contributed by atoms with Crippen molar-refractivity contribution < 1.29 is 22.0 Å². The average molecular weight is 225 g/mol. The fraction of sp³-hybridized carbons (Fsp3) is 0.333. The number of alkyl halides is 2. The molecule has 0 amide bonds. The van der Waals surface area contributed by atoms with E-state index < -0.39 is 35.5 Å². The van der Waals surface area contributed by atoms with Crippen molar-refractivity contribution in [1.29, 1.82) is 0 Å². The van der Waals surface area contributed by atoms with E-state index in [2.05, 4.69) is 5.32 Å². The molecule has 0 aliphatic carbocycles. The van der Waals surface area contributed by atoms with Gasteiger partial charge in [-0.05, 0) is 13.1 Å². The van der Waals surface area contributed by atoms with Crippen LogP contribution in [0.4, 0.5) is 22.0 Å². The molecule has 0 saturated carbocycles. The molecule has 0 radical (unpaired) electrons. The maximum atomic E-state index is 13.1. The van der Waals surface area contributed by atoms with Gasteiger partial charge >= 0.3 is 0 Å². The molecule has 1 aromatic carbocycles. The number of rotatable bonds is 3. The lowest BCUT2D eigenvalue weighted by atomic mass is 10.1. The summed E-state index contributed by atoms with van der Waals surface area (Å²) in [4.78, 5) is 0. The van der Waals surface area contributed by atoms with Crippen LogP contribution in [0.5, 0.6) is 0 Å². The molecule has 0 aliphatic heterocycles. The molecule has 0 heterocycles. The van der Waals surface area contributed by atoms with Gasteiger partial charge in [0, 0.05) is 5.56 Å². The molecule has 84 valence electrons. The van der Waals surface area contributed by atoms with Crippen molar-refractivity contribution in [3.05, 3.63) is 35.1 Å². The van der Waals surface area contributed by atoms with E-state index in [1.165, 1.54) is 7.05 Å². The van der Waals surface area contributed by atoms with Crippen molar-refractivity contribution in [2.24, 2.45) is 0 Å². The summed E-state index contributed by atoms with van der Waals surface area (Å²) in [6, 6.07) is -0.248. The van der Waals surface area contributed by atoms with Crippen molar-refractivity contribution in [3.8, 4) is 0 Å². The van der Waals surface area contributed by atoms with Gasteiger partial charge in [-0.25, -0.2) is 22.0 Å². The highest BCUT2D eigenvalue weighted by Crippen LogP contribution is 2.25. The zero-order valence-electron chi connectivity index (χ0n) is 7.70. The highest BCUT2D eigenvalue weighted by molar-refractivity contribution is 5.24. The lowest BCUT2D eigenvalue weighted by Gasteiger charge is -2.16. The average Bonchev–Trinajstić information content (AvgIpc) is 2.18. The smallest absolute Gasteiger partial charge is 0.257 e. The molecule has 0 bridgehead atoms. The molecule has 0 fully saturated rings. The van der Waals surface area contributed by atoms with E-state index in [1.807, 2.05) is 0 Å². The Morgan fingerprint density at radius 3 is 2.13 bits per heavy atom. The van der Waals surface area contributed by atoms with Crippen LogP contribution in [-0.4, -0.2) is 13.5 Å². The molecule has 1 N–H and O–H groups in total. The Hall–Kier alpha value is -1.17. The molecule has 1 unspecified atom stereocenters. The first-order valence-corrected chi connectivity index (χ1v) is 4.07. The Bertz CT molecular complexity index is 353. The zero-order chi connectivity index (χ0) is 11.6. The summed E-state index contributed by atoms with van der Waals surface area (Å²) in [5, 5.41) is 2.13. The number of hydrogen-bond donors (Lipinski definition) is 1. The first kappa shape index (κ1) is 11.9. The van der Waals surface area contributed by atoms with Gasteiger partial charge in [0.25, 0.3) is 6.43 Å². The van der Waals surface area contributed by atoms with Crippen LogP contribution in [0.3, 0.4) is 0 Å². The Morgan fingerprint density at radius 2 is 1.67 bits per heavy atom. The third-order valence-corrected chi connectivity index (χ3v) is 1.96. The highest BCUT2D eigenvalue weighted by Gasteiger charge is 2.26. The van der Waals surface area contributed by atoms with E-state index in [-0.39, 0.29) is 0 Å². The van der Waals surface area contributed by atoms with Crippen molar-refractivity contribution in [2.45, 2.75) is 12.5 Å². The van der Waals surface area contributed by atoms with Crippen LogP contribution < -0.4 is 5.32 Å². The van der Waals surface area contributed by atoms with Crippen molar-refractivity contribution in [2.75, 3.05) is 7.05 Å². The molecule has 0 aromatic heterocycles. The number of hydrogen-bond acceptors (Lipinski definition) is 1.